The van der Waals surface area contributed by atoms with Crippen molar-refractivity contribution in [3.63, 3.8) is 0 Å². The van der Waals surface area contributed by atoms with Crippen LogP contribution in [0.3, 0.4) is 0 Å². The van der Waals surface area contributed by atoms with E-state index in [1.54, 1.807) is 6.20 Å². The van der Waals surface area contributed by atoms with Crippen LogP contribution in [0.15, 0.2) is 16.9 Å². The first kappa shape index (κ1) is 15.6. The van der Waals surface area contributed by atoms with Crippen molar-refractivity contribution in [3.8, 4) is 0 Å². The quantitative estimate of drug-likeness (QED) is 0.785. The minimum atomic E-state index is -0.720. The van der Waals surface area contributed by atoms with Crippen LogP contribution in [0.5, 0.6) is 0 Å². The van der Waals surface area contributed by atoms with Gasteiger partial charge in [-0.05, 0) is 43.9 Å². The van der Waals surface area contributed by atoms with Crippen LogP contribution < -0.4 is 5.32 Å². The zero-order chi connectivity index (χ0) is 13.8. The van der Waals surface area contributed by atoms with Crippen molar-refractivity contribution >= 4 is 15.9 Å². The molecule has 1 rings (SSSR count). The molecule has 6 heteroatoms. The molecule has 0 aliphatic carbocycles. The molecule has 0 amide bonds. The van der Waals surface area contributed by atoms with Gasteiger partial charge in [-0.15, -0.1) is 0 Å². The van der Waals surface area contributed by atoms with E-state index in [9.17, 15) is 5.11 Å². The van der Waals surface area contributed by atoms with Gasteiger partial charge >= 0.3 is 0 Å². The molecule has 0 fully saturated rings. The third kappa shape index (κ3) is 5.95. The topological polar surface area (TPSA) is 53.3 Å². The maximum Gasteiger partial charge on any atom is 0.0869 e. The highest BCUT2D eigenvalue weighted by atomic mass is 79.9. The lowest BCUT2D eigenvalue weighted by Crippen LogP contribution is -2.48. The van der Waals surface area contributed by atoms with E-state index in [0.29, 0.717) is 13.1 Å². The maximum absolute atomic E-state index is 10.2. The Morgan fingerprint density at radius 2 is 2.28 bits per heavy atom. The summed E-state index contributed by atoms with van der Waals surface area (Å²) in [6.07, 6.45) is 3.71. The van der Waals surface area contributed by atoms with Crippen LogP contribution in [-0.4, -0.2) is 58.6 Å². The summed E-state index contributed by atoms with van der Waals surface area (Å²) in [5.41, 5.74) is -0.720. The molecule has 0 spiro atoms. The van der Waals surface area contributed by atoms with Crippen molar-refractivity contribution in [2.75, 3.05) is 27.2 Å². The summed E-state index contributed by atoms with van der Waals surface area (Å²) in [5, 5.41) is 17.7. The summed E-state index contributed by atoms with van der Waals surface area (Å²) < 4.78 is 2.86. The predicted molar refractivity (Wildman–Crippen MR) is 76.6 cm³/mol. The van der Waals surface area contributed by atoms with Gasteiger partial charge in [0.1, 0.15) is 0 Å². The van der Waals surface area contributed by atoms with E-state index < -0.39 is 5.60 Å². The minimum Gasteiger partial charge on any atom is -0.388 e. The summed E-state index contributed by atoms with van der Waals surface area (Å²) in [6.45, 7) is 5.91. The minimum absolute atomic E-state index is 0.255. The zero-order valence-electron chi connectivity index (χ0n) is 11.5. The first-order chi connectivity index (χ1) is 8.28. The number of nitrogens with one attached hydrogen (secondary N) is 1. The second-order valence-electron chi connectivity index (χ2n) is 5.40. The number of aliphatic hydroxyl groups is 1. The molecule has 18 heavy (non-hydrogen) atoms. The van der Waals surface area contributed by atoms with E-state index in [2.05, 4.69) is 33.3 Å². The monoisotopic (exact) mass is 318 g/mol. The number of hydrogen-bond acceptors (Lipinski definition) is 4. The third-order valence-electron chi connectivity index (χ3n) is 2.55. The molecular weight excluding hydrogens is 296 g/mol. The predicted octanol–water partition coefficient (Wildman–Crippen LogP) is 0.936. The van der Waals surface area contributed by atoms with Gasteiger partial charge in [-0.1, -0.05) is 0 Å². The number of halogens is 1. The smallest absolute Gasteiger partial charge is 0.0869 e. The van der Waals surface area contributed by atoms with Crippen LogP contribution in [0.4, 0.5) is 0 Å². The molecule has 0 aliphatic heterocycles. The molecular formula is C12H23BrN4O. The molecule has 0 radical (unpaired) electrons. The molecule has 1 heterocycles. The van der Waals surface area contributed by atoms with Crippen LogP contribution in [0, 0.1) is 0 Å². The lowest BCUT2D eigenvalue weighted by atomic mass is 10.1. The van der Waals surface area contributed by atoms with Gasteiger partial charge in [-0.2, -0.15) is 5.10 Å². The third-order valence-corrected chi connectivity index (χ3v) is 2.96. The van der Waals surface area contributed by atoms with Crippen molar-refractivity contribution in [1.82, 2.24) is 20.0 Å². The van der Waals surface area contributed by atoms with Crippen molar-refractivity contribution in [1.29, 1.82) is 0 Å². The number of likely N-dealkylation sites (N-methyl/N-ethyl adjacent to an activating group) is 1. The largest absolute Gasteiger partial charge is 0.388 e. The highest BCUT2D eigenvalue weighted by Crippen LogP contribution is 2.07. The fraction of sp³-hybridized carbons (Fsp3) is 0.750. The second-order valence-corrected chi connectivity index (χ2v) is 6.31. The Labute approximate surface area is 117 Å². The summed E-state index contributed by atoms with van der Waals surface area (Å²) in [7, 11) is 3.92. The van der Waals surface area contributed by atoms with Gasteiger partial charge in [0, 0.05) is 25.3 Å². The molecule has 1 aromatic heterocycles. The number of hydrogen-bond donors (Lipinski definition) is 2. The molecule has 2 atom stereocenters. The van der Waals surface area contributed by atoms with E-state index in [1.165, 1.54) is 0 Å². The van der Waals surface area contributed by atoms with E-state index >= 15 is 0 Å². The Morgan fingerprint density at radius 1 is 1.61 bits per heavy atom. The number of rotatable bonds is 7. The number of nitrogens with zero attached hydrogens (tertiary/aromatic N) is 3. The van der Waals surface area contributed by atoms with Crippen molar-refractivity contribution in [2.24, 2.45) is 0 Å². The lowest BCUT2D eigenvalue weighted by molar-refractivity contribution is 0.0312. The second kappa shape index (κ2) is 6.65. The maximum atomic E-state index is 10.2. The Balaban J connectivity index is 2.34. The van der Waals surface area contributed by atoms with Gasteiger partial charge < -0.3 is 15.3 Å². The summed E-state index contributed by atoms with van der Waals surface area (Å²) >= 11 is 3.37. The van der Waals surface area contributed by atoms with Gasteiger partial charge in [0.25, 0.3) is 0 Å². The van der Waals surface area contributed by atoms with E-state index in [1.807, 2.05) is 36.8 Å². The Hall–Kier alpha value is -0.430. The van der Waals surface area contributed by atoms with Gasteiger partial charge in [0.15, 0.2) is 0 Å². The van der Waals surface area contributed by atoms with Gasteiger partial charge in [-0.25, -0.2) is 0 Å². The molecule has 0 saturated carbocycles. The van der Waals surface area contributed by atoms with Crippen LogP contribution in [0.25, 0.3) is 0 Å². The molecule has 0 saturated heterocycles. The van der Waals surface area contributed by atoms with Crippen LogP contribution in [0.1, 0.15) is 13.8 Å². The zero-order valence-corrected chi connectivity index (χ0v) is 13.1. The first-order valence-electron chi connectivity index (χ1n) is 6.07. The van der Waals surface area contributed by atoms with E-state index in [0.717, 1.165) is 11.0 Å². The molecule has 104 valence electrons. The summed E-state index contributed by atoms with van der Waals surface area (Å²) in [5.74, 6) is 0. The highest BCUT2D eigenvalue weighted by Gasteiger charge is 2.21. The first-order valence-corrected chi connectivity index (χ1v) is 6.86. The molecule has 0 aromatic carbocycles. The SMILES string of the molecule is CC(Cn1cc(Br)cn1)NCC(C)(O)CN(C)C. The van der Waals surface area contributed by atoms with Crippen LogP contribution in [0.2, 0.25) is 0 Å². The summed E-state index contributed by atoms with van der Waals surface area (Å²) in [4.78, 5) is 1.98. The van der Waals surface area contributed by atoms with Crippen molar-refractivity contribution in [3.05, 3.63) is 16.9 Å². The Morgan fingerprint density at radius 3 is 2.78 bits per heavy atom. The fourth-order valence-electron chi connectivity index (χ4n) is 1.91. The van der Waals surface area contributed by atoms with Crippen molar-refractivity contribution < 1.29 is 5.11 Å². The number of aromatic nitrogens is 2. The van der Waals surface area contributed by atoms with Crippen LogP contribution in [-0.2, 0) is 6.54 Å². The average Bonchev–Trinajstić information content (AvgIpc) is 2.59. The van der Waals surface area contributed by atoms with Crippen molar-refractivity contribution in [2.45, 2.75) is 32.0 Å². The standard InChI is InChI=1S/C12H23BrN4O/c1-10(6-17-7-11(13)5-15-17)14-8-12(2,18)9-16(3)4/h5,7,10,14,18H,6,8-9H2,1-4H3. The van der Waals surface area contributed by atoms with Gasteiger partial charge in [0.2, 0.25) is 0 Å². The van der Waals surface area contributed by atoms with Crippen LogP contribution >= 0.6 is 15.9 Å². The lowest BCUT2D eigenvalue weighted by Gasteiger charge is -2.28. The molecule has 5 nitrogen and oxygen atoms in total. The fourth-order valence-corrected chi connectivity index (χ4v) is 2.24. The molecule has 0 aliphatic rings. The normalized spacial score (nSPS) is 16.8. The van der Waals surface area contributed by atoms with E-state index in [-0.39, 0.29) is 6.04 Å². The summed E-state index contributed by atoms with van der Waals surface area (Å²) in [6, 6.07) is 0.255. The average molecular weight is 319 g/mol. The Bertz CT molecular complexity index is 365. The van der Waals surface area contributed by atoms with Gasteiger partial charge in [0.05, 0.1) is 22.8 Å². The molecule has 1 aromatic rings. The molecule has 2 unspecified atom stereocenters. The Kier molecular flexibility index (Phi) is 5.78. The highest BCUT2D eigenvalue weighted by molar-refractivity contribution is 9.10. The molecule has 2 N–H and O–H groups in total. The van der Waals surface area contributed by atoms with E-state index in [4.69, 9.17) is 0 Å². The van der Waals surface area contributed by atoms with Gasteiger partial charge in [-0.3, -0.25) is 4.68 Å². The molecule has 0 bridgehead atoms.